The maximum absolute atomic E-state index is 6.92. The van der Waals surface area contributed by atoms with Crippen LogP contribution >= 0.6 is 20.3 Å². The van der Waals surface area contributed by atoms with Crippen molar-refractivity contribution >= 4 is 25.6 Å². The number of rotatable bonds is 7. The third kappa shape index (κ3) is 11.2. The van der Waals surface area contributed by atoms with Crippen molar-refractivity contribution in [1.29, 1.82) is 0 Å². The second-order valence-corrected chi connectivity index (χ2v) is 17.5. The maximum Gasteiger partial charge on any atom is 2.00 e. The summed E-state index contributed by atoms with van der Waals surface area (Å²) in [5.41, 5.74) is 15.5. The minimum absolute atomic E-state index is 0. The molecule has 0 aliphatic rings. The van der Waals surface area contributed by atoms with Crippen molar-refractivity contribution < 1.29 is 20.4 Å². The quantitative estimate of drug-likeness (QED) is 0.134. The molecule has 0 aliphatic carbocycles. The largest absolute Gasteiger partial charge is 2.00 e. The molecule has 41 heavy (non-hydrogen) atoms. The predicted octanol–water partition coefficient (Wildman–Crippen LogP) is 11.9. The van der Waals surface area contributed by atoms with E-state index in [-0.39, 0.29) is 51.1 Å². The molecule has 0 saturated heterocycles. The summed E-state index contributed by atoms with van der Waals surface area (Å²) in [7, 11) is -0.366. The molecule has 0 aliphatic heterocycles. The first-order valence-corrected chi connectivity index (χ1v) is 16.1. The van der Waals surface area contributed by atoms with Gasteiger partial charge in [0.2, 0.25) is 0 Å². The zero-order chi connectivity index (χ0) is 29.5. The molecule has 3 aromatic rings. The van der Waals surface area contributed by atoms with E-state index < -0.39 is 0 Å². The van der Waals surface area contributed by atoms with Crippen molar-refractivity contribution in [2.75, 3.05) is 6.54 Å². The van der Waals surface area contributed by atoms with Crippen molar-refractivity contribution in [3.8, 4) is 11.1 Å². The maximum atomic E-state index is 6.92. The van der Waals surface area contributed by atoms with Crippen LogP contribution in [0.15, 0.2) is 60.7 Å². The van der Waals surface area contributed by atoms with Gasteiger partial charge in [-0.2, -0.15) is 35.9 Å². The minimum Gasteiger partial charge on any atom is -0.677 e. The Morgan fingerprint density at radius 1 is 0.732 bits per heavy atom. The van der Waals surface area contributed by atoms with Gasteiger partial charge in [0.05, 0.1) is 0 Å². The monoisotopic (exact) mass is 685 g/mol. The van der Waals surface area contributed by atoms with Gasteiger partial charge in [0.1, 0.15) is 0 Å². The molecule has 0 amide bonds. The Bertz CT molecular complexity index is 1130. The van der Waals surface area contributed by atoms with E-state index in [1.165, 1.54) is 27.8 Å². The summed E-state index contributed by atoms with van der Waals surface area (Å²) >= 11 is 0. The smallest absolute Gasteiger partial charge is 0.677 e. The summed E-state index contributed by atoms with van der Waals surface area (Å²) in [5.74, 6) is 1.55. The van der Waals surface area contributed by atoms with E-state index >= 15 is 0 Å². The summed E-state index contributed by atoms with van der Waals surface area (Å²) in [6.45, 7) is 29.1. The summed E-state index contributed by atoms with van der Waals surface area (Å²) < 4.78 is 0. The second kappa shape index (κ2) is 17.3. The Morgan fingerprint density at radius 2 is 1.22 bits per heavy atom. The average molecular weight is 687 g/mol. The number of benzene rings is 3. The minimum atomic E-state index is -0.366. The molecule has 0 aromatic heterocycles. The molecular formula is C37H55ClNPPd. The summed E-state index contributed by atoms with van der Waals surface area (Å²) in [4.78, 5) is 0. The summed E-state index contributed by atoms with van der Waals surface area (Å²) in [6.07, 6.45) is 0.820. The Hall–Kier alpha value is -0.998. The van der Waals surface area contributed by atoms with Crippen LogP contribution in [0.5, 0.6) is 0 Å². The summed E-state index contributed by atoms with van der Waals surface area (Å²) in [5, 5.41) is 2.06. The van der Waals surface area contributed by atoms with Gasteiger partial charge in [0, 0.05) is 0 Å². The number of hydrogen-bond donors (Lipinski definition) is 0. The molecule has 0 unspecified atom stereocenters. The van der Waals surface area contributed by atoms with E-state index in [4.69, 9.17) is 5.73 Å². The molecule has 230 valence electrons. The van der Waals surface area contributed by atoms with Crippen LogP contribution in [-0.2, 0) is 26.8 Å². The van der Waals surface area contributed by atoms with Crippen LogP contribution < -0.4 is 5.30 Å². The van der Waals surface area contributed by atoms with Crippen LogP contribution in [0.25, 0.3) is 16.9 Å². The Labute approximate surface area is 274 Å². The molecule has 0 radical (unpaired) electrons. The van der Waals surface area contributed by atoms with Crippen molar-refractivity contribution in [1.82, 2.24) is 0 Å². The normalized spacial score (nSPS) is 11.7. The van der Waals surface area contributed by atoms with Gasteiger partial charge >= 0.3 is 20.4 Å². The molecule has 0 heterocycles. The summed E-state index contributed by atoms with van der Waals surface area (Å²) in [6, 6.07) is 25.1. The zero-order valence-corrected chi connectivity index (χ0v) is 30.9. The number of nitrogens with one attached hydrogen (secondary N) is 1. The van der Waals surface area contributed by atoms with E-state index in [0.717, 1.165) is 12.0 Å². The van der Waals surface area contributed by atoms with E-state index in [1.807, 2.05) is 24.3 Å². The number of halogens is 1. The van der Waals surface area contributed by atoms with Crippen LogP contribution in [-0.4, -0.2) is 16.9 Å². The molecule has 3 rings (SSSR count). The van der Waals surface area contributed by atoms with Crippen LogP contribution in [0, 0.1) is 6.07 Å². The van der Waals surface area contributed by atoms with Crippen molar-refractivity contribution in [3.05, 3.63) is 94.7 Å². The SMILES string of the molecule is CC(C)c1cc(C(C)C)c(-c2ccccc2P(C(C)(C)C)C(C)(C)C)c(C(C)C)c1.Cl.[NH-]CCc1[c-]cccc1.[Pd+2]. The van der Waals surface area contributed by atoms with Gasteiger partial charge in [0.15, 0.2) is 0 Å². The molecule has 0 saturated carbocycles. The second-order valence-electron chi connectivity index (χ2n) is 13.6. The number of hydrogen-bond acceptors (Lipinski definition) is 0. The average Bonchev–Trinajstić information content (AvgIpc) is 2.83. The molecule has 1 nitrogen and oxygen atoms in total. The Morgan fingerprint density at radius 3 is 1.61 bits per heavy atom. The van der Waals surface area contributed by atoms with Gasteiger partial charge in [0.25, 0.3) is 0 Å². The zero-order valence-electron chi connectivity index (χ0n) is 27.6. The topological polar surface area (TPSA) is 23.8 Å². The standard InChI is InChI=1S/C29H45P.C8H9N.ClH.Pd/c1-19(2)22-17-24(20(3)4)27(25(18-22)21(5)6)23-15-13-14-16-26(23)30(28(7,8)9)29(10,11)12;9-7-6-8-4-2-1-3-5-8;;/h13-21H,1-12H3;1-4,9H,6-7H2;1H;/q;-2;;+2. The first-order valence-electron chi connectivity index (χ1n) is 14.8. The van der Waals surface area contributed by atoms with Gasteiger partial charge in [-0.15, -0.1) is 19.0 Å². The molecule has 3 aromatic carbocycles. The molecule has 0 spiro atoms. The predicted molar refractivity (Wildman–Crippen MR) is 186 cm³/mol. The fourth-order valence-electron chi connectivity index (χ4n) is 5.60. The van der Waals surface area contributed by atoms with Crippen LogP contribution in [0.1, 0.15) is 123 Å². The fourth-order valence-corrected chi connectivity index (χ4v) is 9.72. The third-order valence-corrected chi connectivity index (χ3v) is 10.6. The Kier molecular flexibility index (Phi) is 16.9. The van der Waals surface area contributed by atoms with Gasteiger partial charge in [-0.3, -0.25) is 0 Å². The molecule has 0 atom stereocenters. The van der Waals surface area contributed by atoms with Crippen molar-refractivity contribution in [2.45, 2.75) is 118 Å². The molecule has 0 fully saturated rings. The molecule has 1 N–H and O–H groups in total. The van der Waals surface area contributed by atoms with Crippen molar-refractivity contribution in [3.63, 3.8) is 0 Å². The van der Waals surface area contributed by atoms with Gasteiger partial charge in [-0.05, 0) is 61.2 Å². The Balaban J connectivity index is 0.00000124. The molecule has 4 heteroatoms. The van der Waals surface area contributed by atoms with Gasteiger partial charge < -0.3 is 5.73 Å². The van der Waals surface area contributed by atoms with E-state index in [1.54, 1.807) is 5.30 Å². The molecular weight excluding hydrogens is 631 g/mol. The first kappa shape index (κ1) is 40.0. The first-order chi connectivity index (χ1) is 18.1. The van der Waals surface area contributed by atoms with E-state index in [9.17, 15) is 0 Å². The fraction of sp³-hybridized carbons (Fsp3) is 0.514. The van der Waals surface area contributed by atoms with E-state index in [0.29, 0.717) is 24.3 Å². The van der Waals surface area contributed by atoms with Crippen molar-refractivity contribution in [2.24, 2.45) is 0 Å². The third-order valence-electron chi connectivity index (χ3n) is 7.06. The molecule has 0 bridgehead atoms. The van der Waals surface area contributed by atoms with E-state index in [2.05, 4.69) is 126 Å². The van der Waals surface area contributed by atoms with Crippen LogP contribution in [0.4, 0.5) is 0 Å². The van der Waals surface area contributed by atoms with Gasteiger partial charge in [-0.1, -0.05) is 134 Å². The van der Waals surface area contributed by atoms with Crippen LogP contribution in [0.2, 0.25) is 0 Å². The van der Waals surface area contributed by atoms with Gasteiger partial charge in [-0.25, -0.2) is 0 Å². The van der Waals surface area contributed by atoms with Crippen LogP contribution in [0.3, 0.4) is 0 Å².